The molecule has 0 aromatic rings. The number of aliphatic hydroxyl groups is 3. The normalized spacial score (nSPS) is 65.9. The van der Waals surface area contributed by atoms with Crippen molar-refractivity contribution in [1.29, 1.82) is 0 Å². The summed E-state index contributed by atoms with van der Waals surface area (Å²) in [6.07, 6.45) is 1.94. The van der Waals surface area contributed by atoms with Crippen LogP contribution in [-0.4, -0.2) is 62.3 Å². The van der Waals surface area contributed by atoms with Crippen molar-refractivity contribution in [2.45, 2.75) is 114 Å². The minimum atomic E-state index is -1.27. The molecule has 0 aromatic heterocycles. The molecular formula is C23H36O6. The van der Waals surface area contributed by atoms with Crippen LogP contribution < -0.4 is 0 Å². The summed E-state index contributed by atoms with van der Waals surface area (Å²) < 4.78 is 19.1. The van der Waals surface area contributed by atoms with Crippen LogP contribution in [0.4, 0.5) is 0 Å². The molecule has 29 heavy (non-hydrogen) atoms. The SMILES string of the molecule is CC1(C)O[C@@H]2[C@@H](O1)[C@@]1(O)[C@@H]([C@@H]3O[C@@H]3C1(C)C)[C@](C)(O)[C@@H]1CC[C@H]3CC21C[C@@]3(C)O. The van der Waals surface area contributed by atoms with E-state index in [2.05, 4.69) is 0 Å². The quantitative estimate of drug-likeness (QED) is 0.531. The Labute approximate surface area is 172 Å². The second kappa shape index (κ2) is 4.89. The van der Waals surface area contributed by atoms with E-state index in [0.29, 0.717) is 6.42 Å². The largest absolute Gasteiger partial charge is 0.390 e. The van der Waals surface area contributed by atoms with Crippen LogP contribution in [0.3, 0.4) is 0 Å². The third kappa shape index (κ3) is 1.97. The molecule has 1 unspecified atom stereocenters. The summed E-state index contributed by atoms with van der Waals surface area (Å²) in [7, 11) is 0. The zero-order valence-electron chi connectivity index (χ0n) is 18.4. The minimum absolute atomic E-state index is 0.0750. The maximum absolute atomic E-state index is 12.5. The number of ether oxygens (including phenoxy) is 3. The number of rotatable bonds is 0. The van der Waals surface area contributed by atoms with E-state index in [4.69, 9.17) is 14.2 Å². The fourth-order valence-corrected chi connectivity index (χ4v) is 9.06. The van der Waals surface area contributed by atoms with Gasteiger partial charge in [-0.1, -0.05) is 13.8 Å². The summed E-state index contributed by atoms with van der Waals surface area (Å²) in [6.45, 7) is 11.7. The first-order valence-electron chi connectivity index (χ1n) is 11.4. The van der Waals surface area contributed by atoms with E-state index in [1.54, 1.807) is 0 Å². The van der Waals surface area contributed by atoms with Crippen LogP contribution in [-0.2, 0) is 14.2 Å². The molecule has 4 saturated carbocycles. The molecule has 0 radical (unpaired) electrons. The van der Waals surface area contributed by atoms with Crippen LogP contribution in [0.2, 0.25) is 0 Å². The van der Waals surface area contributed by atoms with Crippen molar-refractivity contribution in [3.05, 3.63) is 0 Å². The topological polar surface area (TPSA) is 91.7 Å². The van der Waals surface area contributed by atoms with Gasteiger partial charge in [0.2, 0.25) is 0 Å². The van der Waals surface area contributed by atoms with E-state index in [9.17, 15) is 15.3 Å². The highest BCUT2D eigenvalue weighted by Crippen LogP contribution is 2.74. The Bertz CT molecular complexity index is 773. The van der Waals surface area contributed by atoms with Crippen molar-refractivity contribution in [1.82, 2.24) is 0 Å². The second-order valence-electron chi connectivity index (χ2n) is 12.5. The molecule has 2 bridgehead atoms. The summed E-state index contributed by atoms with van der Waals surface area (Å²) in [5.41, 5.74) is -4.17. The number of epoxide rings is 1. The average molecular weight is 409 g/mol. The van der Waals surface area contributed by atoms with Gasteiger partial charge < -0.3 is 29.5 Å². The molecular weight excluding hydrogens is 372 g/mol. The Hall–Kier alpha value is -0.240. The Morgan fingerprint density at radius 1 is 0.828 bits per heavy atom. The van der Waals surface area contributed by atoms with Gasteiger partial charge in [-0.3, -0.25) is 0 Å². The Morgan fingerprint density at radius 2 is 1.48 bits per heavy atom. The molecule has 11 atom stereocenters. The number of fused-ring (bicyclic) bond motifs is 6. The molecule has 6 nitrogen and oxygen atoms in total. The standard InChI is InChI=1S/C23H36O6/c1-18(2)15-13(27-15)14-21(6,25)12-8-7-11-9-22(12,10-20(11,5)24)16-17(23(14,18)26)29-19(3,4)28-16/h11-17,24-26H,7-10H2,1-6H3/t11-,12-,13-,14-,15-,16+,17+,20+,21+,22?,23-/m0/s1. The lowest BCUT2D eigenvalue weighted by Crippen LogP contribution is -2.64. The van der Waals surface area contributed by atoms with E-state index < -0.39 is 45.4 Å². The summed E-state index contributed by atoms with van der Waals surface area (Å²) in [4.78, 5) is 0. The molecule has 2 heterocycles. The fraction of sp³-hybridized carbons (Fsp3) is 1.00. The van der Waals surface area contributed by atoms with Crippen molar-refractivity contribution in [3.63, 3.8) is 0 Å². The maximum atomic E-state index is 12.5. The van der Waals surface area contributed by atoms with E-state index in [0.717, 1.165) is 19.3 Å². The molecule has 6 heteroatoms. The van der Waals surface area contributed by atoms with E-state index in [-0.39, 0.29) is 30.1 Å². The molecule has 164 valence electrons. The van der Waals surface area contributed by atoms with E-state index in [1.807, 2.05) is 41.5 Å². The highest BCUT2D eigenvalue weighted by molar-refractivity contribution is 5.33. The third-order valence-electron chi connectivity index (χ3n) is 10.2. The monoisotopic (exact) mass is 408 g/mol. The van der Waals surface area contributed by atoms with Gasteiger partial charge in [0.05, 0.1) is 29.5 Å². The van der Waals surface area contributed by atoms with Crippen LogP contribution in [0.5, 0.6) is 0 Å². The van der Waals surface area contributed by atoms with Crippen LogP contribution in [0.15, 0.2) is 0 Å². The summed E-state index contributed by atoms with van der Waals surface area (Å²) in [5, 5.41) is 35.9. The molecule has 0 aromatic carbocycles. The second-order valence-corrected chi connectivity index (χ2v) is 12.5. The summed E-state index contributed by atoms with van der Waals surface area (Å²) in [6, 6.07) is 0. The molecule has 1 spiro atoms. The van der Waals surface area contributed by atoms with Gasteiger partial charge in [-0.25, -0.2) is 0 Å². The van der Waals surface area contributed by atoms with E-state index >= 15 is 0 Å². The van der Waals surface area contributed by atoms with Gasteiger partial charge in [0, 0.05) is 16.7 Å². The lowest BCUT2D eigenvalue weighted by Gasteiger charge is -2.51. The van der Waals surface area contributed by atoms with Crippen LogP contribution in [0.1, 0.15) is 67.2 Å². The molecule has 4 aliphatic carbocycles. The predicted octanol–water partition coefficient (Wildman–Crippen LogP) is 1.98. The van der Waals surface area contributed by atoms with Crippen molar-refractivity contribution in [2.24, 2.45) is 28.6 Å². The highest BCUT2D eigenvalue weighted by Gasteiger charge is 2.85. The molecule has 6 fully saturated rings. The maximum Gasteiger partial charge on any atom is 0.163 e. The van der Waals surface area contributed by atoms with Crippen molar-refractivity contribution in [3.8, 4) is 0 Å². The smallest absolute Gasteiger partial charge is 0.163 e. The Morgan fingerprint density at radius 3 is 2.17 bits per heavy atom. The number of hydrogen-bond donors (Lipinski definition) is 3. The van der Waals surface area contributed by atoms with Crippen LogP contribution in [0.25, 0.3) is 0 Å². The third-order valence-corrected chi connectivity index (χ3v) is 10.2. The van der Waals surface area contributed by atoms with E-state index in [1.165, 1.54) is 0 Å². The highest BCUT2D eigenvalue weighted by atomic mass is 16.8. The van der Waals surface area contributed by atoms with Gasteiger partial charge in [-0.05, 0) is 65.2 Å². The lowest BCUT2D eigenvalue weighted by atomic mass is 9.58. The van der Waals surface area contributed by atoms with Crippen molar-refractivity contribution < 1.29 is 29.5 Å². The van der Waals surface area contributed by atoms with Crippen molar-refractivity contribution in [2.75, 3.05) is 0 Å². The van der Waals surface area contributed by atoms with Crippen LogP contribution >= 0.6 is 0 Å². The summed E-state index contributed by atoms with van der Waals surface area (Å²) in [5.74, 6) is -1.15. The lowest BCUT2D eigenvalue weighted by molar-refractivity contribution is -0.249. The van der Waals surface area contributed by atoms with Gasteiger partial charge in [0.15, 0.2) is 5.79 Å². The van der Waals surface area contributed by atoms with Gasteiger partial charge in [-0.2, -0.15) is 0 Å². The first-order valence-corrected chi connectivity index (χ1v) is 11.4. The Balaban J connectivity index is 1.60. The predicted molar refractivity (Wildman–Crippen MR) is 104 cm³/mol. The van der Waals surface area contributed by atoms with Gasteiger partial charge in [0.25, 0.3) is 0 Å². The van der Waals surface area contributed by atoms with Crippen LogP contribution in [0, 0.1) is 28.6 Å². The Kier molecular flexibility index (Phi) is 3.28. The first kappa shape index (κ1) is 19.4. The minimum Gasteiger partial charge on any atom is -0.390 e. The van der Waals surface area contributed by atoms with Gasteiger partial charge >= 0.3 is 0 Å². The van der Waals surface area contributed by atoms with Crippen molar-refractivity contribution >= 4 is 0 Å². The molecule has 2 saturated heterocycles. The molecule has 6 aliphatic rings. The molecule has 3 N–H and O–H groups in total. The first-order chi connectivity index (χ1) is 13.2. The zero-order valence-corrected chi connectivity index (χ0v) is 18.4. The average Bonchev–Trinajstić information content (AvgIpc) is 3.19. The van der Waals surface area contributed by atoms with Gasteiger partial charge in [-0.15, -0.1) is 0 Å². The molecule has 6 rings (SSSR count). The molecule has 0 amide bonds. The summed E-state index contributed by atoms with van der Waals surface area (Å²) >= 11 is 0. The number of hydrogen-bond acceptors (Lipinski definition) is 6. The molecule has 2 aliphatic heterocycles. The zero-order chi connectivity index (χ0) is 21.0. The van der Waals surface area contributed by atoms with Gasteiger partial charge in [0.1, 0.15) is 11.7 Å². The fourth-order valence-electron chi connectivity index (χ4n) is 9.06.